The third kappa shape index (κ3) is 3.66. The first-order valence-electron chi connectivity index (χ1n) is 7.62. The van der Waals surface area contributed by atoms with Gasteiger partial charge in [0.15, 0.2) is 0 Å². The van der Waals surface area contributed by atoms with Crippen LogP contribution in [0.1, 0.15) is 13.8 Å². The van der Waals surface area contributed by atoms with Gasteiger partial charge in [-0.15, -0.1) is 10.2 Å². The SMILES string of the molecule is CC(C)[C@@H](Sc1nnc(-c2c[nH]c3ccccc23)o1)C(=O)NC(N)=O. The van der Waals surface area contributed by atoms with E-state index in [0.717, 1.165) is 28.2 Å². The van der Waals surface area contributed by atoms with Crippen molar-refractivity contribution in [3.63, 3.8) is 0 Å². The van der Waals surface area contributed by atoms with Crippen molar-refractivity contribution in [2.24, 2.45) is 11.7 Å². The van der Waals surface area contributed by atoms with Gasteiger partial charge < -0.3 is 15.1 Å². The van der Waals surface area contributed by atoms with Crippen molar-refractivity contribution >= 4 is 34.6 Å². The Morgan fingerprint density at radius 3 is 2.76 bits per heavy atom. The van der Waals surface area contributed by atoms with Crippen LogP contribution in [0.5, 0.6) is 0 Å². The van der Waals surface area contributed by atoms with Gasteiger partial charge in [-0.25, -0.2) is 4.79 Å². The molecule has 3 aromatic rings. The molecule has 25 heavy (non-hydrogen) atoms. The number of nitrogens with zero attached hydrogens (tertiary/aromatic N) is 2. The molecule has 3 amide bonds. The lowest BCUT2D eigenvalue weighted by Crippen LogP contribution is -2.42. The summed E-state index contributed by atoms with van der Waals surface area (Å²) in [5.74, 6) is -0.190. The average molecular weight is 359 g/mol. The summed E-state index contributed by atoms with van der Waals surface area (Å²) in [5.41, 5.74) is 6.76. The van der Waals surface area contributed by atoms with E-state index in [4.69, 9.17) is 10.2 Å². The van der Waals surface area contributed by atoms with Crippen LogP contribution in [0, 0.1) is 5.92 Å². The van der Waals surface area contributed by atoms with E-state index in [-0.39, 0.29) is 11.1 Å². The zero-order valence-corrected chi connectivity index (χ0v) is 14.5. The van der Waals surface area contributed by atoms with Crippen LogP contribution < -0.4 is 11.1 Å². The molecule has 8 nitrogen and oxygen atoms in total. The van der Waals surface area contributed by atoms with Gasteiger partial charge in [-0.05, 0) is 12.0 Å². The van der Waals surface area contributed by atoms with Gasteiger partial charge in [0.1, 0.15) is 0 Å². The second kappa shape index (κ2) is 6.98. The summed E-state index contributed by atoms with van der Waals surface area (Å²) in [7, 11) is 0. The lowest BCUT2D eigenvalue weighted by atomic mass is 10.1. The first-order valence-corrected chi connectivity index (χ1v) is 8.50. The third-order valence-corrected chi connectivity index (χ3v) is 4.94. The molecule has 0 saturated carbocycles. The Kier molecular flexibility index (Phi) is 4.75. The number of fused-ring (bicyclic) bond motifs is 1. The number of rotatable bonds is 5. The largest absolute Gasteiger partial charge is 0.411 e. The van der Waals surface area contributed by atoms with Gasteiger partial charge in [-0.2, -0.15) is 0 Å². The molecule has 4 N–H and O–H groups in total. The molecule has 0 unspecified atom stereocenters. The molecule has 1 atom stereocenters. The fourth-order valence-electron chi connectivity index (χ4n) is 2.41. The molecule has 9 heteroatoms. The molecule has 0 aliphatic carbocycles. The number of amides is 3. The monoisotopic (exact) mass is 359 g/mol. The maximum atomic E-state index is 12.1. The van der Waals surface area contributed by atoms with Crippen molar-refractivity contribution in [2.75, 3.05) is 0 Å². The van der Waals surface area contributed by atoms with Crippen molar-refractivity contribution in [2.45, 2.75) is 24.3 Å². The molecule has 0 fully saturated rings. The topological polar surface area (TPSA) is 127 Å². The summed E-state index contributed by atoms with van der Waals surface area (Å²) in [6.07, 6.45) is 1.80. The predicted octanol–water partition coefficient (Wildman–Crippen LogP) is 2.53. The highest BCUT2D eigenvalue weighted by atomic mass is 32.2. The summed E-state index contributed by atoms with van der Waals surface area (Å²) < 4.78 is 5.70. The van der Waals surface area contributed by atoms with E-state index in [9.17, 15) is 9.59 Å². The van der Waals surface area contributed by atoms with Gasteiger partial charge in [-0.3, -0.25) is 10.1 Å². The zero-order chi connectivity index (χ0) is 18.0. The van der Waals surface area contributed by atoms with Crippen LogP contribution in [0.2, 0.25) is 0 Å². The number of imide groups is 1. The Hall–Kier alpha value is -2.81. The number of hydrogen-bond donors (Lipinski definition) is 3. The third-order valence-electron chi connectivity index (χ3n) is 3.56. The van der Waals surface area contributed by atoms with Crippen molar-refractivity contribution in [3.05, 3.63) is 30.5 Å². The molecule has 0 spiro atoms. The molecule has 0 radical (unpaired) electrons. The molecule has 0 saturated heterocycles. The van der Waals surface area contributed by atoms with E-state index in [2.05, 4.69) is 20.5 Å². The molecular formula is C16H17N5O3S. The quantitative estimate of drug-likeness (QED) is 0.601. The molecule has 0 bridgehead atoms. The maximum Gasteiger partial charge on any atom is 0.318 e. The highest BCUT2D eigenvalue weighted by Gasteiger charge is 2.27. The Morgan fingerprint density at radius 1 is 1.28 bits per heavy atom. The molecule has 2 heterocycles. The molecule has 1 aromatic carbocycles. The van der Waals surface area contributed by atoms with Crippen molar-refractivity contribution in [1.82, 2.24) is 20.5 Å². The minimum Gasteiger partial charge on any atom is -0.411 e. The van der Waals surface area contributed by atoms with Crippen LogP contribution in [0.4, 0.5) is 4.79 Å². The number of H-pyrrole nitrogens is 1. The highest BCUT2D eigenvalue weighted by Crippen LogP contribution is 2.32. The molecule has 0 aliphatic rings. The summed E-state index contributed by atoms with van der Waals surface area (Å²) in [6, 6.07) is 6.88. The predicted molar refractivity (Wildman–Crippen MR) is 93.8 cm³/mol. The number of aromatic amines is 1. The van der Waals surface area contributed by atoms with E-state index in [1.165, 1.54) is 0 Å². The van der Waals surface area contributed by atoms with Crippen LogP contribution in [0.25, 0.3) is 22.4 Å². The lowest BCUT2D eigenvalue weighted by molar-refractivity contribution is -0.120. The minimum atomic E-state index is -0.888. The van der Waals surface area contributed by atoms with Crippen molar-refractivity contribution < 1.29 is 14.0 Å². The lowest BCUT2D eigenvalue weighted by Gasteiger charge is -2.16. The van der Waals surface area contributed by atoms with Gasteiger partial charge >= 0.3 is 6.03 Å². The van der Waals surface area contributed by atoms with Gasteiger partial charge in [-0.1, -0.05) is 43.8 Å². The number of aromatic nitrogens is 3. The first-order chi connectivity index (χ1) is 12.0. The number of hydrogen-bond acceptors (Lipinski definition) is 6. The average Bonchev–Trinajstić information content (AvgIpc) is 3.17. The number of thioether (sulfide) groups is 1. The number of benzene rings is 1. The second-order valence-corrected chi connectivity index (χ2v) is 6.85. The number of carbonyl (C=O) groups is 2. The first kappa shape index (κ1) is 17.0. The minimum absolute atomic E-state index is 0.0622. The van der Waals surface area contributed by atoms with Crippen LogP contribution >= 0.6 is 11.8 Å². The highest BCUT2D eigenvalue weighted by molar-refractivity contribution is 8.00. The number of carbonyl (C=O) groups excluding carboxylic acids is 2. The maximum absolute atomic E-state index is 12.1. The molecule has 2 aromatic heterocycles. The second-order valence-electron chi connectivity index (χ2n) is 5.76. The molecule has 3 rings (SSSR count). The number of primary amides is 1. The van der Waals surface area contributed by atoms with Crippen LogP contribution in [0.3, 0.4) is 0 Å². The van der Waals surface area contributed by atoms with Crippen LogP contribution in [-0.2, 0) is 4.79 Å². The number of para-hydroxylation sites is 1. The van der Waals surface area contributed by atoms with E-state index >= 15 is 0 Å². The normalized spacial score (nSPS) is 12.4. The summed E-state index contributed by atoms with van der Waals surface area (Å²) in [5, 5.41) is 10.8. The standard InChI is InChI=1S/C16H17N5O3S/c1-8(2)12(13(22)19-15(17)23)25-16-21-20-14(24-16)10-7-18-11-6-4-3-5-9(10)11/h3-8,12,18H,1-2H3,(H3,17,19,22,23)/t12-/m1/s1. The summed E-state index contributed by atoms with van der Waals surface area (Å²) in [4.78, 5) is 26.1. The van der Waals surface area contributed by atoms with E-state index in [1.54, 1.807) is 6.20 Å². The van der Waals surface area contributed by atoms with E-state index in [1.807, 2.05) is 38.1 Å². The van der Waals surface area contributed by atoms with E-state index < -0.39 is 17.2 Å². The fraction of sp³-hybridized carbons (Fsp3) is 0.250. The zero-order valence-electron chi connectivity index (χ0n) is 13.6. The van der Waals surface area contributed by atoms with Gasteiger partial charge in [0.2, 0.25) is 5.91 Å². The number of urea groups is 1. The Labute approximate surface area is 147 Å². The molecule has 0 aliphatic heterocycles. The smallest absolute Gasteiger partial charge is 0.318 e. The molecule has 130 valence electrons. The number of nitrogens with two attached hydrogens (primary N) is 1. The number of nitrogens with one attached hydrogen (secondary N) is 2. The van der Waals surface area contributed by atoms with Crippen LogP contribution in [-0.4, -0.2) is 32.4 Å². The fourth-order valence-corrected chi connectivity index (χ4v) is 3.28. The summed E-state index contributed by atoms with van der Waals surface area (Å²) >= 11 is 1.10. The summed E-state index contributed by atoms with van der Waals surface area (Å²) in [6.45, 7) is 3.71. The van der Waals surface area contributed by atoms with Gasteiger partial charge in [0.05, 0.1) is 10.8 Å². The van der Waals surface area contributed by atoms with Crippen molar-refractivity contribution in [3.8, 4) is 11.5 Å². The van der Waals surface area contributed by atoms with Crippen molar-refractivity contribution in [1.29, 1.82) is 0 Å². The Balaban J connectivity index is 1.83. The van der Waals surface area contributed by atoms with Crippen LogP contribution in [0.15, 0.2) is 40.1 Å². The van der Waals surface area contributed by atoms with E-state index in [0.29, 0.717) is 5.89 Å². The van der Waals surface area contributed by atoms with Gasteiger partial charge in [0.25, 0.3) is 11.1 Å². The Bertz CT molecular complexity index is 917. The van der Waals surface area contributed by atoms with Gasteiger partial charge in [0, 0.05) is 17.1 Å². The molecular weight excluding hydrogens is 342 g/mol. The Morgan fingerprint density at radius 2 is 2.04 bits per heavy atom.